The number of rotatable bonds is 4. The Labute approximate surface area is 156 Å². The number of benzene rings is 1. The van der Waals surface area contributed by atoms with Crippen molar-refractivity contribution in [3.63, 3.8) is 0 Å². The molecule has 1 saturated heterocycles. The van der Waals surface area contributed by atoms with E-state index in [1.54, 1.807) is 0 Å². The fourth-order valence-electron chi connectivity index (χ4n) is 3.24. The summed E-state index contributed by atoms with van der Waals surface area (Å²) in [6, 6.07) is 8.74. The van der Waals surface area contributed by atoms with Crippen LogP contribution in [0.4, 0.5) is 0 Å². The van der Waals surface area contributed by atoms with Gasteiger partial charge in [0.15, 0.2) is 5.96 Å². The SMILES string of the molecule is CCOc1cccc([C@@H]2C[C@H]2N=C(N)N2CCCCCC2)c1.I. The molecule has 2 fully saturated rings. The van der Waals surface area contributed by atoms with Gasteiger partial charge < -0.3 is 15.4 Å². The summed E-state index contributed by atoms with van der Waals surface area (Å²) in [5.41, 5.74) is 7.55. The molecule has 1 heterocycles. The molecule has 0 bridgehead atoms. The van der Waals surface area contributed by atoms with Gasteiger partial charge in [0.05, 0.1) is 12.6 Å². The molecule has 4 nitrogen and oxygen atoms in total. The number of likely N-dealkylation sites (tertiary alicyclic amines) is 1. The number of nitrogens with zero attached hydrogens (tertiary/aromatic N) is 2. The van der Waals surface area contributed by atoms with Gasteiger partial charge in [0.25, 0.3) is 0 Å². The number of hydrogen-bond acceptors (Lipinski definition) is 2. The normalized spacial score (nSPS) is 24.6. The molecule has 3 rings (SSSR count). The molecule has 128 valence electrons. The van der Waals surface area contributed by atoms with Gasteiger partial charge in [0, 0.05) is 19.0 Å². The van der Waals surface area contributed by atoms with E-state index in [1.807, 2.05) is 13.0 Å². The van der Waals surface area contributed by atoms with Crippen molar-refractivity contribution in [3.8, 4) is 5.75 Å². The Kier molecular flexibility index (Phi) is 6.99. The maximum absolute atomic E-state index is 6.23. The summed E-state index contributed by atoms with van der Waals surface area (Å²) in [6.07, 6.45) is 6.21. The Morgan fingerprint density at radius 2 is 2.00 bits per heavy atom. The van der Waals surface area contributed by atoms with Crippen LogP contribution in [0.25, 0.3) is 0 Å². The first-order valence-electron chi connectivity index (χ1n) is 8.59. The van der Waals surface area contributed by atoms with E-state index in [-0.39, 0.29) is 24.0 Å². The summed E-state index contributed by atoms with van der Waals surface area (Å²) in [6.45, 7) is 4.84. The van der Waals surface area contributed by atoms with Crippen molar-refractivity contribution in [2.75, 3.05) is 19.7 Å². The van der Waals surface area contributed by atoms with Crippen molar-refractivity contribution in [2.24, 2.45) is 10.7 Å². The molecule has 0 amide bonds. The summed E-state index contributed by atoms with van der Waals surface area (Å²) in [7, 11) is 0. The highest BCUT2D eigenvalue weighted by Crippen LogP contribution is 2.44. The van der Waals surface area contributed by atoms with E-state index in [2.05, 4.69) is 23.1 Å². The molecule has 0 radical (unpaired) electrons. The van der Waals surface area contributed by atoms with Gasteiger partial charge in [-0.2, -0.15) is 0 Å². The fraction of sp³-hybridized carbons (Fsp3) is 0.611. The van der Waals surface area contributed by atoms with Crippen LogP contribution in [0.5, 0.6) is 5.75 Å². The highest BCUT2D eigenvalue weighted by atomic mass is 127. The zero-order valence-corrected chi connectivity index (χ0v) is 16.2. The minimum absolute atomic E-state index is 0. The molecular formula is C18H28IN3O. The van der Waals surface area contributed by atoms with Gasteiger partial charge in [0.1, 0.15) is 5.75 Å². The standard InChI is InChI=1S/C18H27N3O.HI/c1-2-22-15-9-7-8-14(12-15)16-13-17(16)20-18(19)21-10-5-3-4-6-11-21;/h7-9,12,16-17H,2-6,10-11,13H2,1H3,(H2,19,20);1H/t16-,17+;/m0./s1. The number of halogens is 1. The first kappa shape index (κ1) is 18.4. The Hall–Kier alpha value is -0.980. The lowest BCUT2D eigenvalue weighted by Crippen LogP contribution is -2.38. The van der Waals surface area contributed by atoms with Crippen LogP contribution in [0.1, 0.15) is 50.5 Å². The second kappa shape index (κ2) is 8.76. The van der Waals surface area contributed by atoms with Crippen LogP contribution < -0.4 is 10.5 Å². The summed E-state index contributed by atoms with van der Waals surface area (Å²) in [5.74, 6) is 2.21. The van der Waals surface area contributed by atoms with E-state index in [0.717, 1.165) is 31.2 Å². The van der Waals surface area contributed by atoms with Crippen LogP contribution in [-0.2, 0) is 0 Å². The van der Waals surface area contributed by atoms with Crippen molar-refractivity contribution in [1.82, 2.24) is 4.90 Å². The molecule has 2 aliphatic rings. The number of ether oxygens (including phenoxy) is 1. The fourth-order valence-corrected chi connectivity index (χ4v) is 3.24. The van der Waals surface area contributed by atoms with Crippen molar-refractivity contribution in [2.45, 2.75) is 51.0 Å². The average molecular weight is 429 g/mol. The predicted molar refractivity (Wildman–Crippen MR) is 106 cm³/mol. The van der Waals surface area contributed by atoms with Gasteiger partial charge in [-0.15, -0.1) is 24.0 Å². The third-order valence-corrected chi connectivity index (χ3v) is 4.58. The van der Waals surface area contributed by atoms with Crippen LogP contribution in [0, 0.1) is 0 Å². The molecular weight excluding hydrogens is 401 g/mol. The van der Waals surface area contributed by atoms with Crippen molar-refractivity contribution >= 4 is 29.9 Å². The third-order valence-electron chi connectivity index (χ3n) is 4.58. The molecule has 1 aromatic rings. The molecule has 5 heteroatoms. The molecule has 23 heavy (non-hydrogen) atoms. The zero-order valence-electron chi connectivity index (χ0n) is 13.9. The van der Waals surface area contributed by atoms with Crippen molar-refractivity contribution < 1.29 is 4.74 Å². The lowest BCUT2D eigenvalue weighted by molar-refractivity contribution is 0.340. The number of aliphatic imine (C=N–C) groups is 1. The van der Waals surface area contributed by atoms with Gasteiger partial charge in [-0.05, 0) is 43.9 Å². The molecule has 1 saturated carbocycles. The largest absolute Gasteiger partial charge is 0.494 e. The summed E-state index contributed by atoms with van der Waals surface area (Å²) in [5, 5.41) is 0. The molecule has 2 atom stereocenters. The summed E-state index contributed by atoms with van der Waals surface area (Å²) in [4.78, 5) is 7.03. The van der Waals surface area contributed by atoms with E-state index in [1.165, 1.54) is 31.2 Å². The summed E-state index contributed by atoms with van der Waals surface area (Å²) < 4.78 is 5.58. The molecule has 0 spiro atoms. The monoisotopic (exact) mass is 429 g/mol. The second-order valence-electron chi connectivity index (χ2n) is 6.30. The quantitative estimate of drug-likeness (QED) is 0.451. The van der Waals surface area contributed by atoms with Crippen LogP contribution in [-0.4, -0.2) is 36.6 Å². The van der Waals surface area contributed by atoms with Gasteiger partial charge >= 0.3 is 0 Å². The van der Waals surface area contributed by atoms with E-state index in [4.69, 9.17) is 15.5 Å². The molecule has 1 aliphatic carbocycles. The number of hydrogen-bond donors (Lipinski definition) is 1. The molecule has 0 unspecified atom stereocenters. The zero-order chi connectivity index (χ0) is 15.4. The third kappa shape index (κ3) is 4.99. The van der Waals surface area contributed by atoms with Gasteiger partial charge in [-0.3, -0.25) is 0 Å². The lowest BCUT2D eigenvalue weighted by Gasteiger charge is -2.21. The summed E-state index contributed by atoms with van der Waals surface area (Å²) >= 11 is 0. The minimum atomic E-state index is 0. The van der Waals surface area contributed by atoms with Crippen LogP contribution in [0.2, 0.25) is 0 Å². The maximum Gasteiger partial charge on any atom is 0.191 e. The van der Waals surface area contributed by atoms with E-state index >= 15 is 0 Å². The highest BCUT2D eigenvalue weighted by molar-refractivity contribution is 14.0. The van der Waals surface area contributed by atoms with Gasteiger partial charge in [-0.25, -0.2) is 4.99 Å². The van der Waals surface area contributed by atoms with Gasteiger partial charge in [0.2, 0.25) is 0 Å². The maximum atomic E-state index is 6.23. The van der Waals surface area contributed by atoms with Crippen LogP contribution >= 0.6 is 24.0 Å². The topological polar surface area (TPSA) is 50.9 Å². The predicted octanol–water partition coefficient (Wildman–Crippen LogP) is 3.75. The van der Waals surface area contributed by atoms with E-state index < -0.39 is 0 Å². The molecule has 2 N–H and O–H groups in total. The lowest BCUT2D eigenvalue weighted by atomic mass is 10.1. The molecule has 0 aromatic heterocycles. The van der Waals surface area contributed by atoms with Crippen molar-refractivity contribution in [3.05, 3.63) is 29.8 Å². The second-order valence-corrected chi connectivity index (χ2v) is 6.30. The van der Waals surface area contributed by atoms with Crippen LogP contribution in [0.15, 0.2) is 29.3 Å². The number of nitrogens with two attached hydrogens (primary N) is 1. The highest BCUT2D eigenvalue weighted by Gasteiger charge is 2.39. The van der Waals surface area contributed by atoms with Gasteiger partial charge in [-0.1, -0.05) is 25.0 Å². The minimum Gasteiger partial charge on any atom is -0.494 e. The van der Waals surface area contributed by atoms with E-state index in [0.29, 0.717) is 18.6 Å². The molecule has 1 aliphatic heterocycles. The Bertz CT molecular complexity index is 527. The first-order chi connectivity index (χ1) is 10.8. The number of guanidine groups is 1. The smallest absolute Gasteiger partial charge is 0.191 e. The van der Waals surface area contributed by atoms with Crippen LogP contribution in [0.3, 0.4) is 0 Å². The Balaban J connectivity index is 0.00000192. The van der Waals surface area contributed by atoms with E-state index in [9.17, 15) is 0 Å². The molecule has 1 aromatic carbocycles. The average Bonchev–Trinajstić information content (AvgIpc) is 3.30. The Morgan fingerprint density at radius 1 is 1.26 bits per heavy atom. The first-order valence-corrected chi connectivity index (χ1v) is 8.59. The Morgan fingerprint density at radius 3 is 2.70 bits per heavy atom. The van der Waals surface area contributed by atoms with Crippen molar-refractivity contribution in [1.29, 1.82) is 0 Å².